The number of unbranched alkanes of at least 4 members (excludes halogenated alkanes) is 1. The lowest BCUT2D eigenvalue weighted by atomic mass is 10.3. The molecule has 0 heterocycles. The van der Waals surface area contributed by atoms with Gasteiger partial charge in [0.05, 0.1) is 0 Å². The van der Waals surface area contributed by atoms with E-state index in [4.69, 9.17) is 0 Å². The van der Waals surface area contributed by atoms with Crippen molar-refractivity contribution >= 4 is 12.1 Å². The van der Waals surface area contributed by atoms with E-state index in [0.29, 0.717) is 13.1 Å². The van der Waals surface area contributed by atoms with Gasteiger partial charge in [-0.15, -0.1) is 5.43 Å². The van der Waals surface area contributed by atoms with Crippen molar-refractivity contribution in [2.75, 3.05) is 13.1 Å². The average Bonchev–Trinajstić information content (AvgIpc) is 2.24. The molecular weight excluding hydrogens is 196 g/mol. The Kier molecular flexibility index (Phi) is 8.22. The molecule has 6 heteroatoms. The standard InChI is InChI=1S/C9H19N4O2/c1-3-5-7-11-9(15)13-12-8(14)10-6-4-2/h3-7H2,1-2H3,(H,11,15)(H2,10,12,14). The van der Waals surface area contributed by atoms with Gasteiger partial charge in [0.25, 0.3) is 0 Å². The fourth-order valence-corrected chi connectivity index (χ4v) is 0.791. The third-order valence-corrected chi connectivity index (χ3v) is 1.60. The number of urea groups is 2. The molecule has 0 atom stereocenters. The molecule has 0 aliphatic heterocycles. The third-order valence-electron chi connectivity index (χ3n) is 1.60. The van der Waals surface area contributed by atoms with E-state index >= 15 is 0 Å². The van der Waals surface area contributed by atoms with Crippen molar-refractivity contribution in [2.45, 2.75) is 33.1 Å². The van der Waals surface area contributed by atoms with Gasteiger partial charge in [-0.3, -0.25) is 0 Å². The van der Waals surface area contributed by atoms with E-state index in [9.17, 15) is 9.59 Å². The summed E-state index contributed by atoms with van der Waals surface area (Å²) in [7, 11) is 0. The first kappa shape index (κ1) is 13.5. The molecule has 0 fully saturated rings. The van der Waals surface area contributed by atoms with Crippen molar-refractivity contribution in [2.24, 2.45) is 0 Å². The second-order valence-electron chi connectivity index (χ2n) is 3.06. The van der Waals surface area contributed by atoms with Crippen LogP contribution in [0.4, 0.5) is 9.59 Å². The molecule has 1 radical (unpaired) electrons. The zero-order valence-corrected chi connectivity index (χ0v) is 9.30. The van der Waals surface area contributed by atoms with Crippen LogP contribution in [-0.2, 0) is 0 Å². The number of rotatable bonds is 5. The molecule has 0 unspecified atom stereocenters. The summed E-state index contributed by atoms with van der Waals surface area (Å²) in [5.41, 5.74) is 5.44. The van der Waals surface area contributed by atoms with Gasteiger partial charge in [-0.05, 0) is 12.8 Å². The molecule has 87 valence electrons. The summed E-state index contributed by atoms with van der Waals surface area (Å²) in [5.74, 6) is 0. The van der Waals surface area contributed by atoms with Crippen LogP contribution in [0, 0.1) is 0 Å². The van der Waals surface area contributed by atoms with E-state index in [2.05, 4.69) is 21.5 Å². The van der Waals surface area contributed by atoms with Crippen LogP contribution in [0.3, 0.4) is 0 Å². The van der Waals surface area contributed by atoms with Crippen LogP contribution < -0.4 is 21.5 Å². The van der Waals surface area contributed by atoms with Gasteiger partial charge in [0, 0.05) is 13.1 Å². The minimum absolute atomic E-state index is 0.456. The van der Waals surface area contributed by atoms with Gasteiger partial charge in [-0.25, -0.2) is 15.0 Å². The lowest BCUT2D eigenvalue weighted by Crippen LogP contribution is -2.46. The topological polar surface area (TPSA) is 84.3 Å². The maximum atomic E-state index is 11.0. The van der Waals surface area contributed by atoms with Crippen LogP contribution in [0.15, 0.2) is 0 Å². The van der Waals surface area contributed by atoms with Crippen LogP contribution in [0.25, 0.3) is 0 Å². The van der Waals surface area contributed by atoms with Crippen molar-refractivity contribution in [1.29, 1.82) is 0 Å². The molecule has 0 bridgehead atoms. The minimum atomic E-state index is -0.518. The molecule has 0 aromatic rings. The Labute approximate surface area is 90.2 Å². The van der Waals surface area contributed by atoms with E-state index in [-0.39, 0.29) is 0 Å². The average molecular weight is 215 g/mol. The van der Waals surface area contributed by atoms with Gasteiger partial charge >= 0.3 is 12.1 Å². The Morgan fingerprint density at radius 3 is 2.40 bits per heavy atom. The number of carbonyl (C=O) groups excluding carboxylic acids is 2. The van der Waals surface area contributed by atoms with E-state index in [1.54, 1.807) is 0 Å². The molecule has 0 spiro atoms. The highest BCUT2D eigenvalue weighted by Crippen LogP contribution is 1.81. The molecular formula is C9H19N4O2. The quantitative estimate of drug-likeness (QED) is 0.466. The summed E-state index contributed by atoms with van der Waals surface area (Å²) >= 11 is 0. The van der Waals surface area contributed by atoms with E-state index in [1.165, 1.54) is 0 Å². The molecule has 0 aromatic heterocycles. The Hall–Kier alpha value is -1.46. The largest absolute Gasteiger partial charge is 0.357 e. The summed E-state index contributed by atoms with van der Waals surface area (Å²) in [4.78, 5) is 21.9. The molecule has 0 rings (SSSR count). The highest BCUT2D eigenvalue weighted by molar-refractivity contribution is 5.79. The maximum Gasteiger partial charge on any atom is 0.357 e. The first-order chi connectivity index (χ1) is 7.20. The number of nitrogens with one attached hydrogen (secondary N) is 3. The Balaban J connectivity index is 3.40. The molecule has 15 heavy (non-hydrogen) atoms. The molecule has 0 saturated carbocycles. The summed E-state index contributed by atoms with van der Waals surface area (Å²) in [6.45, 7) is 5.12. The third kappa shape index (κ3) is 8.86. The van der Waals surface area contributed by atoms with Crippen LogP contribution in [0.5, 0.6) is 0 Å². The number of amides is 4. The lowest BCUT2D eigenvalue weighted by Gasteiger charge is -2.06. The van der Waals surface area contributed by atoms with Gasteiger partial charge in [-0.1, -0.05) is 20.3 Å². The van der Waals surface area contributed by atoms with Gasteiger partial charge in [0.15, 0.2) is 0 Å². The molecule has 6 nitrogen and oxygen atoms in total. The van der Waals surface area contributed by atoms with Crippen LogP contribution >= 0.6 is 0 Å². The SMILES string of the molecule is CCCCNC(=O)[N]NC(=O)NCCC. The minimum Gasteiger partial charge on any atom is -0.337 e. The predicted octanol–water partition coefficient (Wildman–Crippen LogP) is 0.725. The van der Waals surface area contributed by atoms with Crippen molar-refractivity contribution in [3.8, 4) is 0 Å². The van der Waals surface area contributed by atoms with Crippen molar-refractivity contribution in [3.05, 3.63) is 0 Å². The monoisotopic (exact) mass is 215 g/mol. The lowest BCUT2D eigenvalue weighted by molar-refractivity contribution is 0.223. The number of hydrogen-bond donors (Lipinski definition) is 3. The summed E-state index contributed by atoms with van der Waals surface area (Å²) < 4.78 is 0. The smallest absolute Gasteiger partial charge is 0.337 e. The van der Waals surface area contributed by atoms with Crippen molar-refractivity contribution in [1.82, 2.24) is 21.5 Å². The number of carbonyl (C=O) groups is 2. The first-order valence-electron chi connectivity index (χ1n) is 5.23. The zero-order chi connectivity index (χ0) is 11.5. The second kappa shape index (κ2) is 9.11. The van der Waals surface area contributed by atoms with Crippen LogP contribution in [-0.4, -0.2) is 25.2 Å². The Bertz CT molecular complexity index is 197. The second-order valence-corrected chi connectivity index (χ2v) is 3.06. The molecule has 0 aliphatic rings. The normalized spacial score (nSPS) is 9.20. The Morgan fingerprint density at radius 1 is 1.07 bits per heavy atom. The van der Waals surface area contributed by atoms with Gasteiger partial charge < -0.3 is 10.6 Å². The molecule has 0 aromatic carbocycles. The van der Waals surface area contributed by atoms with Gasteiger partial charge in [0.1, 0.15) is 0 Å². The van der Waals surface area contributed by atoms with Crippen molar-refractivity contribution in [3.63, 3.8) is 0 Å². The van der Waals surface area contributed by atoms with E-state index in [1.807, 2.05) is 13.8 Å². The summed E-state index contributed by atoms with van der Waals surface area (Å²) in [6, 6.07) is -0.974. The molecule has 3 N–H and O–H groups in total. The predicted molar refractivity (Wildman–Crippen MR) is 57.3 cm³/mol. The summed E-state index contributed by atoms with van der Waals surface area (Å²) in [6.07, 6.45) is 2.75. The number of hydrogen-bond acceptors (Lipinski definition) is 2. The van der Waals surface area contributed by atoms with E-state index < -0.39 is 12.1 Å². The molecule has 0 saturated heterocycles. The molecule has 4 amide bonds. The van der Waals surface area contributed by atoms with Crippen LogP contribution in [0.1, 0.15) is 33.1 Å². The fourth-order valence-electron chi connectivity index (χ4n) is 0.791. The molecule has 0 aliphatic carbocycles. The highest BCUT2D eigenvalue weighted by atomic mass is 16.2. The van der Waals surface area contributed by atoms with Crippen LogP contribution in [0.2, 0.25) is 0 Å². The van der Waals surface area contributed by atoms with E-state index in [0.717, 1.165) is 19.3 Å². The number of nitrogens with zero attached hydrogens (tertiary/aromatic N) is 1. The first-order valence-corrected chi connectivity index (χ1v) is 5.23. The Morgan fingerprint density at radius 2 is 1.80 bits per heavy atom. The maximum absolute atomic E-state index is 11.0. The van der Waals surface area contributed by atoms with Crippen molar-refractivity contribution < 1.29 is 9.59 Å². The fraction of sp³-hybridized carbons (Fsp3) is 0.778. The van der Waals surface area contributed by atoms with Gasteiger partial charge in [-0.2, -0.15) is 0 Å². The van der Waals surface area contributed by atoms with Gasteiger partial charge in [0.2, 0.25) is 0 Å². The highest BCUT2D eigenvalue weighted by Gasteiger charge is 2.03. The zero-order valence-electron chi connectivity index (χ0n) is 9.30. The summed E-state index contributed by atoms with van der Waals surface area (Å²) in [5, 5.41) is 5.08.